The lowest BCUT2D eigenvalue weighted by Gasteiger charge is -2.42. The van der Waals surface area contributed by atoms with Crippen LogP contribution in [-0.2, 0) is 6.54 Å². The maximum Gasteiger partial charge on any atom is 0.321 e. The van der Waals surface area contributed by atoms with E-state index < -0.39 is 0 Å². The molecule has 6 nitrogen and oxygen atoms in total. The number of carbonyl (C=O) groups is 1. The van der Waals surface area contributed by atoms with Gasteiger partial charge < -0.3 is 19.5 Å². The maximum atomic E-state index is 13.6. The highest BCUT2D eigenvalue weighted by Crippen LogP contribution is 2.36. The predicted octanol–water partition coefficient (Wildman–Crippen LogP) is 5.33. The van der Waals surface area contributed by atoms with Crippen LogP contribution in [0.1, 0.15) is 18.0 Å². The fourth-order valence-electron chi connectivity index (χ4n) is 5.63. The van der Waals surface area contributed by atoms with E-state index in [9.17, 15) is 9.59 Å². The number of hydrogen-bond donors (Lipinski definition) is 1. The molecule has 2 bridgehead atoms. The minimum absolute atomic E-state index is 0.0550. The number of carbonyl (C=O) groups excluding carboxylic acids is 1. The number of fused-ring (bicyclic) bond motifs is 5. The number of aromatic nitrogens is 1. The molecule has 1 saturated heterocycles. The molecule has 1 aromatic heterocycles. The summed E-state index contributed by atoms with van der Waals surface area (Å²) < 4.78 is 7.31. The number of likely N-dealkylation sites (tertiary alicyclic amines) is 1. The first kappa shape index (κ1) is 21.5. The van der Waals surface area contributed by atoms with E-state index in [0.29, 0.717) is 31.1 Å². The summed E-state index contributed by atoms with van der Waals surface area (Å²) in [6.45, 7) is 1.85. The molecule has 35 heavy (non-hydrogen) atoms. The largest absolute Gasteiger partial charge is 0.495 e. The number of pyridine rings is 1. The minimum Gasteiger partial charge on any atom is -0.495 e. The summed E-state index contributed by atoms with van der Waals surface area (Å²) in [5.74, 6) is 1.02. The van der Waals surface area contributed by atoms with E-state index in [4.69, 9.17) is 4.74 Å². The van der Waals surface area contributed by atoms with Gasteiger partial charge in [-0.05, 0) is 59.0 Å². The molecule has 0 aliphatic carbocycles. The Hall–Kier alpha value is -4.06. The van der Waals surface area contributed by atoms with Gasteiger partial charge in [0.2, 0.25) is 0 Å². The van der Waals surface area contributed by atoms with E-state index in [0.717, 1.165) is 34.0 Å². The van der Waals surface area contributed by atoms with Crippen molar-refractivity contribution in [1.29, 1.82) is 0 Å². The van der Waals surface area contributed by atoms with Crippen LogP contribution in [0.3, 0.4) is 0 Å². The van der Waals surface area contributed by atoms with Crippen molar-refractivity contribution in [2.75, 3.05) is 25.5 Å². The fourth-order valence-corrected chi connectivity index (χ4v) is 5.63. The van der Waals surface area contributed by atoms with Gasteiger partial charge in [0.05, 0.1) is 12.8 Å². The first-order valence-corrected chi connectivity index (χ1v) is 12.0. The van der Waals surface area contributed by atoms with Gasteiger partial charge in [0.1, 0.15) is 5.75 Å². The summed E-state index contributed by atoms with van der Waals surface area (Å²) in [5, 5.41) is 5.28. The molecule has 176 valence electrons. The highest BCUT2D eigenvalue weighted by Gasteiger charge is 2.37. The molecule has 3 aromatic carbocycles. The summed E-state index contributed by atoms with van der Waals surface area (Å²) >= 11 is 0. The number of rotatable bonds is 3. The monoisotopic (exact) mass is 465 g/mol. The Bertz CT molecular complexity index is 1490. The second-order valence-corrected chi connectivity index (χ2v) is 9.48. The van der Waals surface area contributed by atoms with Crippen molar-refractivity contribution in [3.63, 3.8) is 0 Å². The first-order chi connectivity index (χ1) is 17.1. The molecule has 0 radical (unpaired) electrons. The molecule has 0 spiro atoms. The lowest BCUT2D eigenvalue weighted by Crippen LogP contribution is -2.50. The van der Waals surface area contributed by atoms with Crippen LogP contribution in [0.2, 0.25) is 0 Å². The zero-order chi connectivity index (χ0) is 23.9. The summed E-state index contributed by atoms with van der Waals surface area (Å²) in [4.78, 5) is 28.5. The van der Waals surface area contributed by atoms with E-state index in [2.05, 4.69) is 35.6 Å². The van der Waals surface area contributed by atoms with Crippen molar-refractivity contribution in [1.82, 2.24) is 9.47 Å². The third-order valence-corrected chi connectivity index (χ3v) is 7.30. The SMILES string of the molecule is COc1ccccc1NC(=O)N1CC2CC(C1)c1ccc(-c3ccc4ccccc4c3)c(=O)n1C2. The van der Waals surface area contributed by atoms with Crippen LogP contribution in [0.4, 0.5) is 10.5 Å². The average molecular weight is 466 g/mol. The van der Waals surface area contributed by atoms with Crippen LogP contribution < -0.4 is 15.6 Å². The van der Waals surface area contributed by atoms with Gasteiger partial charge in [-0.1, -0.05) is 48.5 Å². The number of hydrogen-bond acceptors (Lipinski definition) is 3. The topological polar surface area (TPSA) is 63.6 Å². The van der Waals surface area contributed by atoms with Gasteiger partial charge in [0.15, 0.2) is 0 Å². The molecule has 0 saturated carbocycles. The molecule has 2 atom stereocenters. The van der Waals surface area contributed by atoms with E-state index in [1.807, 2.05) is 58.0 Å². The number of amides is 2. The molecular formula is C29H27N3O3. The molecule has 3 heterocycles. The number of methoxy groups -OCH3 is 1. The fraction of sp³-hybridized carbons (Fsp3) is 0.241. The Balaban J connectivity index is 1.27. The van der Waals surface area contributed by atoms with Crippen LogP contribution >= 0.6 is 0 Å². The summed E-state index contributed by atoms with van der Waals surface area (Å²) in [6, 6.07) is 25.7. The number of nitrogens with one attached hydrogen (secondary N) is 1. The van der Waals surface area contributed by atoms with E-state index in [-0.39, 0.29) is 23.4 Å². The highest BCUT2D eigenvalue weighted by atomic mass is 16.5. The lowest BCUT2D eigenvalue weighted by molar-refractivity contribution is 0.139. The van der Waals surface area contributed by atoms with Crippen molar-refractivity contribution < 1.29 is 9.53 Å². The Morgan fingerprint density at radius 1 is 0.914 bits per heavy atom. The van der Waals surface area contributed by atoms with Crippen LogP contribution in [0, 0.1) is 5.92 Å². The molecule has 6 heteroatoms. The Labute approximate surface area is 203 Å². The van der Waals surface area contributed by atoms with Crippen LogP contribution in [0.15, 0.2) is 83.7 Å². The van der Waals surface area contributed by atoms with Crippen molar-refractivity contribution in [3.8, 4) is 16.9 Å². The van der Waals surface area contributed by atoms with Crippen LogP contribution in [0.5, 0.6) is 5.75 Å². The Morgan fingerprint density at radius 2 is 1.71 bits per heavy atom. The van der Waals surface area contributed by atoms with Gasteiger partial charge in [0, 0.05) is 36.8 Å². The standard InChI is InChI=1S/C29H27N3O3/c1-35-27-9-5-4-8-25(27)30-29(34)31-16-19-14-23(18-31)26-13-12-24(28(33)32(26)17-19)22-11-10-20-6-2-3-7-21(20)15-22/h2-13,15,19,23H,14,16-18H2,1H3,(H,30,34). The van der Waals surface area contributed by atoms with Gasteiger partial charge >= 0.3 is 6.03 Å². The molecule has 2 aliphatic heterocycles. The average Bonchev–Trinajstić information content (AvgIpc) is 2.89. The molecule has 2 unspecified atom stereocenters. The van der Waals surface area contributed by atoms with Crippen molar-refractivity contribution in [3.05, 3.63) is 94.9 Å². The smallest absolute Gasteiger partial charge is 0.321 e. The van der Waals surface area contributed by atoms with Gasteiger partial charge in [0.25, 0.3) is 5.56 Å². The number of piperidine rings is 1. The summed E-state index contributed by atoms with van der Waals surface area (Å²) in [7, 11) is 1.59. The normalized spacial score (nSPS) is 18.7. The zero-order valence-electron chi connectivity index (χ0n) is 19.6. The first-order valence-electron chi connectivity index (χ1n) is 12.0. The number of ether oxygens (including phenoxy) is 1. The van der Waals surface area contributed by atoms with Crippen molar-refractivity contribution >= 4 is 22.5 Å². The molecule has 6 rings (SSSR count). The number of para-hydroxylation sites is 2. The highest BCUT2D eigenvalue weighted by molar-refractivity contribution is 5.91. The quantitative estimate of drug-likeness (QED) is 0.445. The third kappa shape index (κ3) is 3.85. The van der Waals surface area contributed by atoms with Gasteiger partial charge in [-0.15, -0.1) is 0 Å². The Kier molecular flexibility index (Phi) is 5.29. The third-order valence-electron chi connectivity index (χ3n) is 7.30. The molecule has 1 N–H and O–H groups in total. The van der Waals surface area contributed by atoms with Crippen molar-refractivity contribution in [2.24, 2.45) is 5.92 Å². The van der Waals surface area contributed by atoms with Gasteiger partial charge in [-0.3, -0.25) is 4.79 Å². The van der Waals surface area contributed by atoms with Crippen LogP contribution in [-0.4, -0.2) is 35.7 Å². The minimum atomic E-state index is -0.132. The summed E-state index contributed by atoms with van der Waals surface area (Å²) in [6.07, 6.45) is 0.993. The van der Waals surface area contributed by atoms with Crippen LogP contribution in [0.25, 0.3) is 21.9 Å². The molecule has 1 fully saturated rings. The second kappa shape index (κ2) is 8.62. The predicted molar refractivity (Wildman–Crippen MR) is 138 cm³/mol. The van der Waals surface area contributed by atoms with E-state index >= 15 is 0 Å². The van der Waals surface area contributed by atoms with E-state index in [1.54, 1.807) is 7.11 Å². The van der Waals surface area contributed by atoms with Gasteiger partial charge in [-0.2, -0.15) is 0 Å². The second-order valence-electron chi connectivity index (χ2n) is 9.48. The number of benzene rings is 3. The molecule has 2 amide bonds. The van der Waals surface area contributed by atoms with E-state index in [1.165, 1.54) is 0 Å². The van der Waals surface area contributed by atoms with Gasteiger partial charge in [-0.25, -0.2) is 4.79 Å². The number of urea groups is 1. The maximum absolute atomic E-state index is 13.6. The Morgan fingerprint density at radius 3 is 2.57 bits per heavy atom. The lowest BCUT2D eigenvalue weighted by atomic mass is 9.83. The molecular weight excluding hydrogens is 438 g/mol. The number of nitrogens with zero attached hydrogens (tertiary/aromatic N) is 2. The zero-order valence-corrected chi connectivity index (χ0v) is 19.6. The van der Waals surface area contributed by atoms with Crippen molar-refractivity contribution in [2.45, 2.75) is 18.9 Å². The number of anilines is 1. The molecule has 4 aromatic rings. The molecule has 2 aliphatic rings. The summed E-state index contributed by atoms with van der Waals surface area (Å²) in [5.41, 5.74) is 3.40.